The molecule has 0 radical (unpaired) electrons. The number of furan rings is 1. The van der Waals surface area contributed by atoms with E-state index in [9.17, 15) is 0 Å². The SMILES string of the molecule is CN(C)C[C@@H]1CC[C@@]2(COCCN(Cc3ccco3)C2)O1. The molecule has 0 bridgehead atoms. The average Bonchev–Trinajstić information content (AvgIpc) is 3.00. The van der Waals surface area contributed by atoms with Gasteiger partial charge in [-0.3, -0.25) is 4.90 Å². The Balaban J connectivity index is 1.62. The molecule has 2 aliphatic rings. The van der Waals surface area contributed by atoms with Crippen LogP contribution < -0.4 is 0 Å². The van der Waals surface area contributed by atoms with Crippen molar-refractivity contribution in [3.63, 3.8) is 0 Å². The van der Waals surface area contributed by atoms with Gasteiger partial charge in [0.1, 0.15) is 11.4 Å². The van der Waals surface area contributed by atoms with Crippen molar-refractivity contribution in [1.29, 1.82) is 0 Å². The molecule has 1 spiro atoms. The van der Waals surface area contributed by atoms with E-state index < -0.39 is 0 Å². The van der Waals surface area contributed by atoms with Gasteiger partial charge in [0.05, 0.1) is 32.1 Å². The van der Waals surface area contributed by atoms with Gasteiger partial charge in [0.2, 0.25) is 0 Å². The maximum atomic E-state index is 6.39. The van der Waals surface area contributed by atoms with E-state index >= 15 is 0 Å². The number of hydrogen-bond acceptors (Lipinski definition) is 5. The number of likely N-dealkylation sites (N-methyl/N-ethyl adjacent to an activating group) is 1. The maximum absolute atomic E-state index is 6.39. The van der Waals surface area contributed by atoms with E-state index in [-0.39, 0.29) is 5.60 Å². The predicted octanol–water partition coefficient (Wildman–Crippen LogP) is 1.59. The van der Waals surface area contributed by atoms with Crippen molar-refractivity contribution in [2.45, 2.75) is 31.1 Å². The highest BCUT2D eigenvalue weighted by Crippen LogP contribution is 2.33. The summed E-state index contributed by atoms with van der Waals surface area (Å²) in [6.07, 6.45) is 4.27. The van der Waals surface area contributed by atoms with E-state index in [1.54, 1.807) is 6.26 Å². The van der Waals surface area contributed by atoms with Gasteiger partial charge in [0, 0.05) is 19.6 Å². The predicted molar refractivity (Wildman–Crippen MR) is 80.2 cm³/mol. The third kappa shape index (κ3) is 3.86. The van der Waals surface area contributed by atoms with E-state index in [4.69, 9.17) is 13.9 Å². The first-order valence-electron chi connectivity index (χ1n) is 7.80. The van der Waals surface area contributed by atoms with Gasteiger partial charge < -0.3 is 18.8 Å². The van der Waals surface area contributed by atoms with Crippen LogP contribution in [0.25, 0.3) is 0 Å². The van der Waals surface area contributed by atoms with Gasteiger partial charge in [0.25, 0.3) is 0 Å². The van der Waals surface area contributed by atoms with Crippen LogP contribution in [0.3, 0.4) is 0 Å². The molecule has 21 heavy (non-hydrogen) atoms. The van der Waals surface area contributed by atoms with Crippen LogP contribution in [0.5, 0.6) is 0 Å². The molecule has 5 nitrogen and oxygen atoms in total. The monoisotopic (exact) mass is 294 g/mol. The molecule has 1 aromatic heterocycles. The Labute approximate surface area is 126 Å². The van der Waals surface area contributed by atoms with Crippen LogP contribution in [-0.2, 0) is 16.0 Å². The van der Waals surface area contributed by atoms with Gasteiger partial charge in [-0.05, 0) is 39.1 Å². The van der Waals surface area contributed by atoms with Crippen molar-refractivity contribution in [1.82, 2.24) is 9.80 Å². The fourth-order valence-corrected chi connectivity index (χ4v) is 3.40. The number of nitrogens with zero attached hydrogens (tertiary/aromatic N) is 2. The molecule has 2 fully saturated rings. The zero-order chi connectivity index (χ0) is 14.7. The second-order valence-electron chi connectivity index (χ2n) is 6.57. The topological polar surface area (TPSA) is 38.1 Å². The molecule has 3 heterocycles. The van der Waals surface area contributed by atoms with Crippen LogP contribution in [0.4, 0.5) is 0 Å². The van der Waals surface area contributed by atoms with Crippen molar-refractivity contribution >= 4 is 0 Å². The van der Waals surface area contributed by atoms with Gasteiger partial charge in [-0.25, -0.2) is 0 Å². The quantitative estimate of drug-likeness (QED) is 0.843. The fourth-order valence-electron chi connectivity index (χ4n) is 3.40. The van der Waals surface area contributed by atoms with Crippen LogP contribution in [0, 0.1) is 0 Å². The summed E-state index contributed by atoms with van der Waals surface area (Å²) in [5.41, 5.74) is -0.135. The average molecular weight is 294 g/mol. The minimum atomic E-state index is -0.135. The molecule has 1 aromatic rings. The summed E-state index contributed by atoms with van der Waals surface area (Å²) in [4.78, 5) is 4.59. The molecule has 2 atom stereocenters. The molecule has 2 saturated heterocycles. The molecular weight excluding hydrogens is 268 g/mol. The minimum Gasteiger partial charge on any atom is -0.468 e. The third-order valence-electron chi connectivity index (χ3n) is 4.30. The van der Waals surface area contributed by atoms with Crippen molar-refractivity contribution in [3.05, 3.63) is 24.2 Å². The molecule has 2 aliphatic heterocycles. The summed E-state index contributed by atoms with van der Waals surface area (Å²) >= 11 is 0. The summed E-state index contributed by atoms with van der Waals surface area (Å²) in [6, 6.07) is 3.97. The first kappa shape index (κ1) is 15.0. The normalized spacial score (nSPS) is 31.1. The second-order valence-corrected chi connectivity index (χ2v) is 6.57. The fraction of sp³-hybridized carbons (Fsp3) is 0.750. The van der Waals surface area contributed by atoms with Crippen molar-refractivity contribution in [2.24, 2.45) is 0 Å². The summed E-state index contributed by atoms with van der Waals surface area (Å²) < 4.78 is 17.7. The molecule has 5 heteroatoms. The Kier molecular flexibility index (Phi) is 4.64. The first-order valence-corrected chi connectivity index (χ1v) is 7.80. The standard InChI is InChI=1S/C16H26N2O3/c1-17(2)10-15-5-6-16(21-15)12-18(7-9-19-13-16)11-14-4-3-8-20-14/h3-4,8,15H,5-7,9-13H2,1-2H3/t15-,16+/m0/s1. The summed E-state index contributed by atoms with van der Waals surface area (Å²) in [5.74, 6) is 1.01. The third-order valence-corrected chi connectivity index (χ3v) is 4.30. The molecule has 0 aromatic carbocycles. The summed E-state index contributed by atoms with van der Waals surface area (Å²) in [7, 11) is 4.20. The van der Waals surface area contributed by atoms with Gasteiger partial charge in [0.15, 0.2) is 0 Å². The van der Waals surface area contributed by atoms with Crippen LogP contribution in [-0.4, -0.2) is 68.4 Å². The lowest BCUT2D eigenvalue weighted by Crippen LogP contribution is -2.44. The van der Waals surface area contributed by atoms with E-state index in [0.29, 0.717) is 12.7 Å². The van der Waals surface area contributed by atoms with Crippen LogP contribution in [0.15, 0.2) is 22.8 Å². The largest absolute Gasteiger partial charge is 0.468 e. The lowest BCUT2D eigenvalue weighted by molar-refractivity contribution is -0.0904. The maximum Gasteiger partial charge on any atom is 0.117 e. The first-order chi connectivity index (χ1) is 10.2. The minimum absolute atomic E-state index is 0.135. The van der Waals surface area contributed by atoms with Crippen molar-refractivity contribution in [2.75, 3.05) is 46.9 Å². The zero-order valence-electron chi connectivity index (χ0n) is 13.1. The number of ether oxygens (including phenoxy) is 2. The molecule has 0 unspecified atom stereocenters. The highest BCUT2D eigenvalue weighted by Gasteiger charge is 2.43. The summed E-state index contributed by atoms with van der Waals surface area (Å²) in [5, 5.41) is 0. The highest BCUT2D eigenvalue weighted by molar-refractivity contribution is 5.00. The van der Waals surface area contributed by atoms with E-state index in [0.717, 1.165) is 51.4 Å². The lowest BCUT2D eigenvalue weighted by atomic mass is 10.00. The van der Waals surface area contributed by atoms with Gasteiger partial charge >= 0.3 is 0 Å². The second kappa shape index (κ2) is 6.48. The molecule has 0 N–H and O–H groups in total. The Morgan fingerprint density at radius 1 is 1.43 bits per heavy atom. The smallest absolute Gasteiger partial charge is 0.117 e. The van der Waals surface area contributed by atoms with Crippen molar-refractivity contribution in [3.8, 4) is 0 Å². The van der Waals surface area contributed by atoms with E-state index in [1.807, 2.05) is 12.1 Å². The Bertz CT molecular complexity index is 435. The number of rotatable bonds is 4. The van der Waals surface area contributed by atoms with Crippen LogP contribution in [0.2, 0.25) is 0 Å². The molecule has 0 saturated carbocycles. The Hall–Kier alpha value is -0.880. The van der Waals surface area contributed by atoms with E-state index in [1.165, 1.54) is 0 Å². The molecule has 0 amide bonds. The van der Waals surface area contributed by atoms with Crippen molar-refractivity contribution < 1.29 is 13.9 Å². The van der Waals surface area contributed by atoms with Gasteiger partial charge in [-0.1, -0.05) is 0 Å². The van der Waals surface area contributed by atoms with E-state index in [2.05, 4.69) is 23.9 Å². The van der Waals surface area contributed by atoms with Crippen LogP contribution >= 0.6 is 0 Å². The number of hydrogen-bond donors (Lipinski definition) is 0. The van der Waals surface area contributed by atoms with Gasteiger partial charge in [-0.2, -0.15) is 0 Å². The highest BCUT2D eigenvalue weighted by atomic mass is 16.6. The summed E-state index contributed by atoms with van der Waals surface area (Å²) in [6.45, 7) is 5.16. The van der Waals surface area contributed by atoms with Gasteiger partial charge in [-0.15, -0.1) is 0 Å². The van der Waals surface area contributed by atoms with Crippen LogP contribution in [0.1, 0.15) is 18.6 Å². The lowest BCUT2D eigenvalue weighted by Gasteiger charge is -2.32. The molecular formula is C16H26N2O3. The molecule has 0 aliphatic carbocycles. The molecule has 118 valence electrons. The zero-order valence-corrected chi connectivity index (χ0v) is 13.1. The Morgan fingerprint density at radius 2 is 2.33 bits per heavy atom. The molecule has 3 rings (SSSR count). The Morgan fingerprint density at radius 3 is 3.10 bits per heavy atom.